The van der Waals surface area contributed by atoms with Gasteiger partial charge in [-0.2, -0.15) is 5.26 Å². The molecular weight excluding hydrogens is 272 g/mol. The fraction of sp³-hybridized carbons (Fsp3) is 0.316. The van der Waals surface area contributed by atoms with Crippen molar-refractivity contribution in [1.29, 1.82) is 5.26 Å². The van der Waals surface area contributed by atoms with Crippen molar-refractivity contribution in [2.24, 2.45) is 0 Å². The predicted molar refractivity (Wildman–Crippen MR) is 88.1 cm³/mol. The first-order valence-corrected chi connectivity index (χ1v) is 7.65. The maximum atomic E-state index is 9.61. The molecule has 0 aliphatic rings. The lowest BCUT2D eigenvalue weighted by Crippen LogP contribution is -2.30. The van der Waals surface area contributed by atoms with Crippen LogP contribution in [-0.2, 0) is 13.0 Å². The molecule has 2 aromatic rings. The number of hydrogen-bond acceptors (Lipinski definition) is 3. The van der Waals surface area contributed by atoms with Crippen molar-refractivity contribution in [2.45, 2.75) is 25.9 Å². The van der Waals surface area contributed by atoms with Crippen molar-refractivity contribution in [3.8, 4) is 6.07 Å². The molecule has 0 heterocycles. The third-order valence-electron chi connectivity index (χ3n) is 3.81. The molecule has 0 amide bonds. The van der Waals surface area contributed by atoms with Gasteiger partial charge in [0, 0.05) is 13.1 Å². The molecule has 0 aliphatic heterocycles. The number of benzene rings is 2. The number of nitrogens with zero attached hydrogens (tertiary/aromatic N) is 2. The van der Waals surface area contributed by atoms with Gasteiger partial charge in [0.15, 0.2) is 0 Å². The van der Waals surface area contributed by atoms with Gasteiger partial charge in [-0.25, -0.2) is 0 Å². The highest BCUT2D eigenvalue weighted by Gasteiger charge is 2.19. The summed E-state index contributed by atoms with van der Waals surface area (Å²) < 4.78 is 0. The van der Waals surface area contributed by atoms with E-state index in [9.17, 15) is 10.4 Å². The summed E-state index contributed by atoms with van der Waals surface area (Å²) >= 11 is 0. The highest BCUT2D eigenvalue weighted by Crippen LogP contribution is 2.22. The van der Waals surface area contributed by atoms with Crippen molar-refractivity contribution < 1.29 is 5.11 Å². The molecule has 3 nitrogen and oxygen atoms in total. The van der Waals surface area contributed by atoms with Gasteiger partial charge >= 0.3 is 0 Å². The van der Waals surface area contributed by atoms with Crippen molar-refractivity contribution in [3.05, 3.63) is 71.3 Å². The van der Waals surface area contributed by atoms with E-state index in [0.29, 0.717) is 13.1 Å². The number of rotatable bonds is 7. The molecule has 1 N–H and O–H groups in total. The molecule has 0 fully saturated rings. The Labute approximate surface area is 132 Å². The number of aliphatic hydroxyl groups is 1. The van der Waals surface area contributed by atoms with Gasteiger partial charge in [0.25, 0.3) is 0 Å². The summed E-state index contributed by atoms with van der Waals surface area (Å²) in [6.07, 6.45) is 0.988. The van der Waals surface area contributed by atoms with E-state index >= 15 is 0 Å². The van der Waals surface area contributed by atoms with E-state index in [1.807, 2.05) is 47.4 Å². The largest absolute Gasteiger partial charge is 0.395 e. The number of hydrogen-bond donors (Lipinski definition) is 1. The van der Waals surface area contributed by atoms with E-state index in [4.69, 9.17) is 0 Å². The molecule has 0 radical (unpaired) electrons. The van der Waals surface area contributed by atoms with Crippen molar-refractivity contribution in [1.82, 2.24) is 4.90 Å². The van der Waals surface area contributed by atoms with Crippen LogP contribution in [0, 0.1) is 11.3 Å². The predicted octanol–water partition coefficient (Wildman–Crippen LogP) is 3.31. The minimum absolute atomic E-state index is 0.0397. The maximum absolute atomic E-state index is 9.61. The quantitative estimate of drug-likeness (QED) is 0.852. The van der Waals surface area contributed by atoms with E-state index in [2.05, 4.69) is 25.1 Å². The molecule has 0 saturated carbocycles. The monoisotopic (exact) mass is 294 g/mol. The standard InChI is InChI=1S/C19H22N2O/c1-2-16-8-10-18(11-9-16)19(14-20)21(12-13-22)15-17-6-4-3-5-7-17/h3-11,19,22H,2,12-13,15H2,1H3. The van der Waals surface area contributed by atoms with Crippen LogP contribution >= 0.6 is 0 Å². The van der Waals surface area contributed by atoms with E-state index in [1.165, 1.54) is 5.56 Å². The summed E-state index contributed by atoms with van der Waals surface area (Å²) in [5.74, 6) is 0. The summed E-state index contributed by atoms with van der Waals surface area (Å²) in [5.41, 5.74) is 3.38. The topological polar surface area (TPSA) is 47.3 Å². The van der Waals surface area contributed by atoms with Gasteiger partial charge in [-0.1, -0.05) is 61.5 Å². The minimum atomic E-state index is -0.349. The lowest BCUT2D eigenvalue weighted by Gasteiger charge is -2.27. The summed E-state index contributed by atoms with van der Waals surface area (Å²) in [6.45, 7) is 3.28. The van der Waals surface area contributed by atoms with E-state index in [-0.39, 0.29) is 12.6 Å². The van der Waals surface area contributed by atoms with E-state index in [0.717, 1.165) is 17.5 Å². The Hall–Kier alpha value is -2.15. The smallest absolute Gasteiger partial charge is 0.124 e. The third kappa shape index (κ3) is 4.17. The second-order valence-corrected chi connectivity index (χ2v) is 5.31. The maximum Gasteiger partial charge on any atom is 0.124 e. The summed E-state index contributed by atoms with van der Waals surface area (Å²) in [6, 6.07) is 20.2. The fourth-order valence-corrected chi connectivity index (χ4v) is 2.55. The second-order valence-electron chi connectivity index (χ2n) is 5.31. The molecule has 2 aromatic carbocycles. The first-order chi connectivity index (χ1) is 10.8. The Kier molecular flexibility index (Phi) is 6.14. The van der Waals surface area contributed by atoms with Gasteiger partial charge in [-0.15, -0.1) is 0 Å². The van der Waals surface area contributed by atoms with Crippen LogP contribution in [0.4, 0.5) is 0 Å². The zero-order valence-corrected chi connectivity index (χ0v) is 12.9. The lowest BCUT2D eigenvalue weighted by atomic mass is 10.0. The Morgan fingerprint density at radius 2 is 1.73 bits per heavy atom. The van der Waals surface area contributed by atoms with Crippen LogP contribution in [0.15, 0.2) is 54.6 Å². The zero-order chi connectivity index (χ0) is 15.8. The van der Waals surface area contributed by atoms with Crippen molar-refractivity contribution in [3.63, 3.8) is 0 Å². The van der Waals surface area contributed by atoms with Gasteiger partial charge in [-0.05, 0) is 23.1 Å². The molecule has 0 aromatic heterocycles. The highest BCUT2D eigenvalue weighted by molar-refractivity contribution is 5.29. The number of aliphatic hydroxyl groups excluding tert-OH is 1. The second kappa shape index (κ2) is 8.33. The van der Waals surface area contributed by atoms with Gasteiger partial charge in [0.2, 0.25) is 0 Å². The molecule has 1 unspecified atom stereocenters. The minimum Gasteiger partial charge on any atom is -0.395 e. The normalized spacial score (nSPS) is 12.1. The Bertz CT molecular complexity index is 602. The molecule has 3 heteroatoms. The van der Waals surface area contributed by atoms with Crippen molar-refractivity contribution in [2.75, 3.05) is 13.2 Å². The van der Waals surface area contributed by atoms with Gasteiger partial charge in [-0.3, -0.25) is 4.90 Å². The SMILES string of the molecule is CCc1ccc(C(C#N)N(CCO)Cc2ccccc2)cc1. The Morgan fingerprint density at radius 3 is 2.27 bits per heavy atom. The molecule has 1 atom stereocenters. The fourth-order valence-electron chi connectivity index (χ4n) is 2.55. The first kappa shape index (κ1) is 16.2. The zero-order valence-electron chi connectivity index (χ0n) is 12.9. The van der Waals surface area contributed by atoms with Gasteiger partial charge in [0.05, 0.1) is 12.7 Å². The summed E-state index contributed by atoms with van der Waals surface area (Å²) in [4.78, 5) is 2.01. The van der Waals surface area contributed by atoms with Crippen LogP contribution in [-0.4, -0.2) is 23.2 Å². The molecule has 22 heavy (non-hydrogen) atoms. The molecule has 0 bridgehead atoms. The first-order valence-electron chi connectivity index (χ1n) is 7.65. The lowest BCUT2D eigenvalue weighted by molar-refractivity contribution is 0.167. The average molecular weight is 294 g/mol. The third-order valence-corrected chi connectivity index (χ3v) is 3.81. The van der Waals surface area contributed by atoms with Crippen LogP contribution in [0.3, 0.4) is 0 Å². The average Bonchev–Trinajstić information content (AvgIpc) is 2.57. The Balaban J connectivity index is 2.21. The van der Waals surface area contributed by atoms with Gasteiger partial charge < -0.3 is 5.11 Å². The van der Waals surface area contributed by atoms with E-state index in [1.54, 1.807) is 0 Å². The van der Waals surface area contributed by atoms with Crippen LogP contribution in [0.1, 0.15) is 29.7 Å². The molecule has 0 saturated heterocycles. The Morgan fingerprint density at radius 1 is 1.05 bits per heavy atom. The van der Waals surface area contributed by atoms with Crippen LogP contribution in [0.25, 0.3) is 0 Å². The molecule has 0 spiro atoms. The molecule has 2 rings (SSSR count). The molecule has 0 aliphatic carbocycles. The summed E-state index contributed by atoms with van der Waals surface area (Å²) in [5, 5.41) is 18.9. The summed E-state index contributed by atoms with van der Waals surface area (Å²) in [7, 11) is 0. The molecule has 114 valence electrons. The van der Waals surface area contributed by atoms with E-state index < -0.39 is 0 Å². The van der Waals surface area contributed by atoms with Crippen LogP contribution < -0.4 is 0 Å². The number of nitriles is 1. The number of aryl methyl sites for hydroxylation is 1. The molecular formula is C19H22N2O. The van der Waals surface area contributed by atoms with Crippen LogP contribution in [0.2, 0.25) is 0 Å². The highest BCUT2D eigenvalue weighted by atomic mass is 16.3. The van der Waals surface area contributed by atoms with Gasteiger partial charge in [0.1, 0.15) is 6.04 Å². The van der Waals surface area contributed by atoms with Crippen molar-refractivity contribution >= 4 is 0 Å². The van der Waals surface area contributed by atoms with Crippen LogP contribution in [0.5, 0.6) is 0 Å².